The Morgan fingerprint density at radius 1 is 1.17 bits per heavy atom. The highest BCUT2D eigenvalue weighted by Gasteiger charge is 2.68. The van der Waals surface area contributed by atoms with Gasteiger partial charge >= 0.3 is 0 Å². The van der Waals surface area contributed by atoms with Crippen LogP contribution in [-0.4, -0.2) is 46.5 Å². The number of likely N-dealkylation sites (tertiary alicyclic amines) is 1. The molecule has 1 aliphatic heterocycles. The number of phenols is 1. The predicted octanol–water partition coefficient (Wildman–Crippen LogP) is 3.12. The van der Waals surface area contributed by atoms with Crippen LogP contribution in [0.4, 0.5) is 0 Å². The zero-order valence-corrected chi connectivity index (χ0v) is 14.8. The molecule has 1 aromatic carbocycles. The Balaban J connectivity index is 1.69. The summed E-state index contributed by atoms with van der Waals surface area (Å²) < 4.78 is 1.04. The first-order valence-electron chi connectivity index (χ1n) is 9.86. The van der Waals surface area contributed by atoms with Crippen molar-refractivity contribution in [2.75, 3.05) is 20.1 Å². The fraction of sp³-hybridized carbons (Fsp3) is 0.714. The van der Waals surface area contributed by atoms with Gasteiger partial charge in [0.1, 0.15) is 17.4 Å². The van der Waals surface area contributed by atoms with Gasteiger partial charge in [0.05, 0.1) is 20.1 Å². The summed E-state index contributed by atoms with van der Waals surface area (Å²) in [5, 5.41) is 22.8. The molecule has 3 nitrogen and oxygen atoms in total. The molecule has 1 aromatic rings. The fourth-order valence-corrected chi connectivity index (χ4v) is 6.70. The Bertz CT molecular complexity index is 684. The molecule has 5 rings (SSSR count). The highest BCUT2D eigenvalue weighted by Crippen LogP contribution is 2.61. The highest BCUT2D eigenvalue weighted by atomic mass is 16.3. The third-order valence-electron chi connectivity index (χ3n) is 7.99. The van der Waals surface area contributed by atoms with Crippen molar-refractivity contribution in [1.82, 2.24) is 0 Å². The van der Waals surface area contributed by atoms with Gasteiger partial charge in [0.2, 0.25) is 0 Å². The molecule has 1 heterocycles. The largest absolute Gasteiger partial charge is 0.508 e. The number of phenolic OH excluding ortho intramolecular Hbond substituents is 1. The van der Waals surface area contributed by atoms with E-state index in [2.05, 4.69) is 13.1 Å². The summed E-state index contributed by atoms with van der Waals surface area (Å²) in [6, 6.07) is 6.31. The second kappa shape index (κ2) is 4.76. The van der Waals surface area contributed by atoms with E-state index in [0.29, 0.717) is 11.8 Å². The van der Waals surface area contributed by atoms with E-state index in [1.54, 1.807) is 0 Å². The van der Waals surface area contributed by atoms with Crippen LogP contribution in [0.15, 0.2) is 18.2 Å². The lowest BCUT2D eigenvalue weighted by Crippen LogP contribution is -2.77. The highest BCUT2D eigenvalue weighted by molar-refractivity contribution is 5.51. The van der Waals surface area contributed by atoms with Gasteiger partial charge in [-0.1, -0.05) is 25.0 Å². The van der Waals surface area contributed by atoms with E-state index >= 15 is 0 Å². The molecule has 0 aromatic heterocycles. The summed E-state index contributed by atoms with van der Waals surface area (Å²) in [5.41, 5.74) is 1.54. The summed E-state index contributed by atoms with van der Waals surface area (Å²) in [6.07, 6.45) is 8.94. The Morgan fingerprint density at radius 3 is 2.75 bits per heavy atom. The van der Waals surface area contributed by atoms with Crippen LogP contribution in [0.25, 0.3) is 0 Å². The first kappa shape index (κ1) is 15.2. The maximum atomic E-state index is 12.1. The predicted molar refractivity (Wildman–Crippen MR) is 94.0 cm³/mol. The van der Waals surface area contributed by atoms with Crippen LogP contribution in [0.3, 0.4) is 0 Å². The second-order valence-corrected chi connectivity index (χ2v) is 9.32. The van der Waals surface area contributed by atoms with Crippen LogP contribution in [0.5, 0.6) is 5.75 Å². The van der Waals surface area contributed by atoms with Crippen LogP contribution >= 0.6 is 0 Å². The van der Waals surface area contributed by atoms with E-state index in [9.17, 15) is 10.2 Å². The number of fused-ring (bicyclic) bond motifs is 1. The maximum Gasteiger partial charge on any atom is 0.126 e. The van der Waals surface area contributed by atoms with E-state index in [0.717, 1.165) is 54.6 Å². The smallest absolute Gasteiger partial charge is 0.126 e. The lowest BCUT2D eigenvalue weighted by molar-refractivity contribution is -0.950. The van der Waals surface area contributed by atoms with Crippen molar-refractivity contribution in [3.8, 4) is 5.75 Å². The molecular weight excluding hydrogens is 298 g/mol. The van der Waals surface area contributed by atoms with Crippen molar-refractivity contribution in [1.29, 1.82) is 0 Å². The Labute approximate surface area is 144 Å². The molecule has 0 radical (unpaired) electrons. The Morgan fingerprint density at radius 2 is 1.96 bits per heavy atom. The number of likely N-dealkylation sites (N-methyl/N-ethyl adjacent to an activating group) is 1. The van der Waals surface area contributed by atoms with Crippen LogP contribution in [-0.2, 0) is 11.8 Å². The molecule has 0 unspecified atom stereocenters. The molecule has 4 atom stereocenters. The molecule has 3 heteroatoms. The number of hydrogen-bond donors (Lipinski definition) is 2. The van der Waals surface area contributed by atoms with Crippen molar-refractivity contribution in [3.63, 3.8) is 0 Å². The number of benzene rings is 1. The second-order valence-electron chi connectivity index (χ2n) is 9.32. The lowest BCUT2D eigenvalue weighted by atomic mass is 9.49. The van der Waals surface area contributed by atoms with Gasteiger partial charge < -0.3 is 14.7 Å². The minimum absolute atomic E-state index is 0.212. The molecule has 3 fully saturated rings. The lowest BCUT2D eigenvalue weighted by Gasteiger charge is -2.65. The van der Waals surface area contributed by atoms with Crippen LogP contribution in [0, 0.1) is 5.92 Å². The molecule has 2 saturated carbocycles. The van der Waals surface area contributed by atoms with Crippen molar-refractivity contribution in [2.45, 2.75) is 68.4 Å². The molecule has 2 N–H and O–H groups in total. The summed E-state index contributed by atoms with van der Waals surface area (Å²) >= 11 is 0. The van der Waals surface area contributed by atoms with E-state index in [1.807, 2.05) is 12.1 Å². The van der Waals surface area contributed by atoms with Gasteiger partial charge in [-0.25, -0.2) is 0 Å². The molecule has 1 saturated heterocycles. The topological polar surface area (TPSA) is 40.5 Å². The molecule has 2 bridgehead atoms. The number of quaternary nitrogens is 1. The van der Waals surface area contributed by atoms with Crippen LogP contribution in [0.1, 0.15) is 56.1 Å². The van der Waals surface area contributed by atoms with E-state index < -0.39 is 5.60 Å². The molecule has 0 amide bonds. The number of piperidine rings is 1. The average molecular weight is 328 g/mol. The maximum absolute atomic E-state index is 12.1. The number of nitrogens with zero attached hydrogens (tertiary/aromatic N) is 1. The van der Waals surface area contributed by atoms with Gasteiger partial charge in [0, 0.05) is 29.7 Å². The van der Waals surface area contributed by atoms with Gasteiger partial charge in [-0.15, -0.1) is 0 Å². The number of aromatic hydroxyl groups is 1. The third-order valence-corrected chi connectivity index (χ3v) is 7.99. The molecule has 130 valence electrons. The summed E-state index contributed by atoms with van der Waals surface area (Å²) in [6.45, 7) is 2.38. The number of hydrogen-bond acceptors (Lipinski definition) is 2. The zero-order chi connectivity index (χ0) is 16.6. The average Bonchev–Trinajstić information content (AvgIpc) is 3.35. The van der Waals surface area contributed by atoms with Crippen molar-refractivity contribution < 1.29 is 14.7 Å². The van der Waals surface area contributed by atoms with Gasteiger partial charge in [-0.05, 0) is 37.3 Å². The molecular formula is C21H30NO2+. The molecule has 3 aliphatic carbocycles. The zero-order valence-electron chi connectivity index (χ0n) is 14.8. The summed E-state index contributed by atoms with van der Waals surface area (Å²) in [7, 11) is 2.40. The SMILES string of the molecule is C[N@+]1(CC2CC2)CC[C@]23CCCC[C@@]2(O)[C@H]1Cc1cccc(O)c13. The quantitative estimate of drug-likeness (QED) is 0.819. The fourth-order valence-electron chi connectivity index (χ4n) is 6.70. The monoisotopic (exact) mass is 328 g/mol. The van der Waals surface area contributed by atoms with Crippen molar-refractivity contribution in [3.05, 3.63) is 29.3 Å². The van der Waals surface area contributed by atoms with E-state index in [4.69, 9.17) is 0 Å². The Kier molecular flexibility index (Phi) is 3.02. The minimum Gasteiger partial charge on any atom is -0.508 e. The van der Waals surface area contributed by atoms with E-state index in [1.165, 1.54) is 31.4 Å². The standard InChI is InChI=1S/C21H29NO2/c1-22(14-15-7-8-15)12-11-20-9-2-3-10-21(20,24)18(22)13-16-5-4-6-17(23)19(16)20/h4-6,15,18,24H,2-3,7-14H2,1H3/p+1/t18-,20+,21-,22-/m1/s1. The Hall–Kier alpha value is -1.06. The van der Waals surface area contributed by atoms with Gasteiger partial charge in [-0.2, -0.15) is 0 Å². The van der Waals surface area contributed by atoms with Crippen molar-refractivity contribution >= 4 is 0 Å². The minimum atomic E-state index is -0.640. The van der Waals surface area contributed by atoms with Gasteiger partial charge in [0.25, 0.3) is 0 Å². The molecule has 4 aliphatic rings. The molecule has 0 spiro atoms. The van der Waals surface area contributed by atoms with Gasteiger partial charge in [-0.3, -0.25) is 0 Å². The normalized spacial score (nSPS) is 43.8. The summed E-state index contributed by atoms with van der Waals surface area (Å²) in [5.74, 6) is 1.30. The van der Waals surface area contributed by atoms with E-state index in [-0.39, 0.29) is 5.41 Å². The number of rotatable bonds is 2. The third kappa shape index (κ3) is 1.80. The summed E-state index contributed by atoms with van der Waals surface area (Å²) in [4.78, 5) is 0. The van der Waals surface area contributed by atoms with Gasteiger partial charge in [0.15, 0.2) is 0 Å². The molecule has 24 heavy (non-hydrogen) atoms. The van der Waals surface area contributed by atoms with Crippen LogP contribution < -0.4 is 0 Å². The number of aliphatic hydroxyl groups is 1. The first-order chi connectivity index (χ1) is 11.5. The first-order valence-corrected chi connectivity index (χ1v) is 9.86. The van der Waals surface area contributed by atoms with Crippen molar-refractivity contribution in [2.24, 2.45) is 5.92 Å². The van der Waals surface area contributed by atoms with Crippen LogP contribution in [0.2, 0.25) is 0 Å².